The normalized spacial score (nSPS) is 27.3. The van der Waals surface area contributed by atoms with Gasteiger partial charge in [-0.05, 0) is 36.3 Å². The predicted molar refractivity (Wildman–Crippen MR) is 53.0 cm³/mol. The Bertz CT molecular complexity index is 207. The first-order valence-corrected chi connectivity index (χ1v) is 5.21. The van der Waals surface area contributed by atoms with E-state index in [4.69, 9.17) is 0 Å². The summed E-state index contributed by atoms with van der Waals surface area (Å²) in [4.78, 5) is 0. The van der Waals surface area contributed by atoms with Gasteiger partial charge in [-0.15, -0.1) is 5.73 Å². The molecule has 0 heterocycles. The van der Waals surface area contributed by atoms with E-state index < -0.39 is 0 Å². The van der Waals surface area contributed by atoms with Crippen LogP contribution in [0, 0.1) is 11.3 Å². The summed E-state index contributed by atoms with van der Waals surface area (Å²) in [5.74, 6) is 0.810. The Hall–Kier alpha value is 0. The highest BCUT2D eigenvalue weighted by atomic mass is 79.9. The fourth-order valence-corrected chi connectivity index (χ4v) is 2.58. The Kier molecular flexibility index (Phi) is 2.61. The van der Waals surface area contributed by atoms with Crippen LogP contribution in [0.2, 0.25) is 0 Å². The first-order valence-electron chi connectivity index (χ1n) is 4.09. The van der Waals surface area contributed by atoms with Gasteiger partial charge in [-0.2, -0.15) is 0 Å². The minimum Gasteiger partial charge on any atom is -0.126 e. The minimum atomic E-state index is 0.385. The molecule has 1 unspecified atom stereocenters. The molecule has 11 heavy (non-hydrogen) atoms. The highest BCUT2D eigenvalue weighted by molar-refractivity contribution is 9.09. The van der Waals surface area contributed by atoms with E-state index in [-0.39, 0.29) is 0 Å². The van der Waals surface area contributed by atoms with Gasteiger partial charge >= 0.3 is 0 Å². The van der Waals surface area contributed by atoms with Gasteiger partial charge in [0.1, 0.15) is 0 Å². The van der Waals surface area contributed by atoms with Crippen molar-refractivity contribution in [2.75, 3.05) is 5.33 Å². The molecule has 1 aliphatic rings. The van der Waals surface area contributed by atoms with Crippen LogP contribution in [0.4, 0.5) is 0 Å². The summed E-state index contributed by atoms with van der Waals surface area (Å²) in [5, 5.41) is 1.12. The molecule has 1 atom stereocenters. The van der Waals surface area contributed by atoms with Crippen molar-refractivity contribution in [3.8, 4) is 0 Å². The molecule has 0 radical (unpaired) electrons. The molecule has 1 rings (SSSR count). The van der Waals surface area contributed by atoms with Crippen LogP contribution in [-0.2, 0) is 0 Å². The number of rotatable bonds is 1. The molecule has 0 bridgehead atoms. The summed E-state index contributed by atoms with van der Waals surface area (Å²) in [6.07, 6.45) is 3.24. The molecule has 1 aliphatic carbocycles. The van der Waals surface area contributed by atoms with Crippen LogP contribution in [0.15, 0.2) is 17.4 Å². The van der Waals surface area contributed by atoms with Gasteiger partial charge in [-0.1, -0.05) is 29.8 Å². The summed E-state index contributed by atoms with van der Waals surface area (Å²) in [5.41, 5.74) is 5.17. The number of hydrogen-bond donors (Lipinski definition) is 0. The topological polar surface area (TPSA) is 0 Å². The molecule has 0 aliphatic heterocycles. The van der Waals surface area contributed by atoms with E-state index in [9.17, 15) is 0 Å². The van der Waals surface area contributed by atoms with Crippen LogP contribution < -0.4 is 0 Å². The lowest BCUT2D eigenvalue weighted by Gasteiger charge is -2.45. The quantitative estimate of drug-likeness (QED) is 0.463. The minimum absolute atomic E-state index is 0.385. The Balaban J connectivity index is 2.76. The standard InChI is InChI=1S/C10H15Br/c1-4-5-8-6-9(7-11)10(8,2)3/h4,9H,6-7H2,1-3H3. The Morgan fingerprint density at radius 3 is 2.73 bits per heavy atom. The number of allylic oxidation sites excluding steroid dienone is 1. The highest BCUT2D eigenvalue weighted by Crippen LogP contribution is 2.50. The van der Waals surface area contributed by atoms with E-state index >= 15 is 0 Å². The second-order valence-corrected chi connectivity index (χ2v) is 4.34. The highest BCUT2D eigenvalue weighted by Gasteiger charge is 2.42. The van der Waals surface area contributed by atoms with Crippen LogP contribution in [0.5, 0.6) is 0 Å². The van der Waals surface area contributed by atoms with Gasteiger partial charge in [-0.25, -0.2) is 0 Å². The molecule has 0 nitrogen and oxygen atoms in total. The molecular weight excluding hydrogens is 200 g/mol. The van der Waals surface area contributed by atoms with Crippen LogP contribution in [0.3, 0.4) is 0 Å². The Morgan fingerprint density at radius 1 is 1.73 bits per heavy atom. The smallest absolute Gasteiger partial charge is 0.00713 e. The fourth-order valence-electron chi connectivity index (χ4n) is 1.55. The first kappa shape index (κ1) is 9.09. The molecule has 0 aromatic carbocycles. The molecule has 0 saturated heterocycles. The maximum Gasteiger partial charge on any atom is 0.00713 e. The van der Waals surface area contributed by atoms with Crippen molar-refractivity contribution in [3.63, 3.8) is 0 Å². The van der Waals surface area contributed by atoms with Crippen molar-refractivity contribution in [3.05, 3.63) is 17.4 Å². The molecule has 1 fully saturated rings. The van der Waals surface area contributed by atoms with Crippen molar-refractivity contribution in [1.29, 1.82) is 0 Å². The third kappa shape index (κ3) is 1.45. The molecule has 0 aromatic heterocycles. The fraction of sp³-hybridized carbons (Fsp3) is 0.700. The van der Waals surface area contributed by atoms with Crippen molar-refractivity contribution in [2.24, 2.45) is 11.3 Å². The second kappa shape index (κ2) is 3.16. The predicted octanol–water partition coefficient (Wildman–Crippen LogP) is 3.53. The van der Waals surface area contributed by atoms with Gasteiger partial charge < -0.3 is 0 Å². The molecule has 1 saturated carbocycles. The van der Waals surface area contributed by atoms with E-state index in [1.54, 1.807) is 0 Å². The lowest BCUT2D eigenvalue weighted by Crippen LogP contribution is -2.38. The lowest BCUT2D eigenvalue weighted by molar-refractivity contribution is 0.194. The van der Waals surface area contributed by atoms with Crippen LogP contribution >= 0.6 is 15.9 Å². The average Bonchev–Trinajstić information content (AvgIpc) is 1.97. The number of halogens is 1. The van der Waals surface area contributed by atoms with Crippen molar-refractivity contribution >= 4 is 15.9 Å². The van der Waals surface area contributed by atoms with E-state index in [1.807, 2.05) is 13.0 Å². The zero-order valence-electron chi connectivity index (χ0n) is 7.45. The van der Waals surface area contributed by atoms with Crippen LogP contribution in [0.25, 0.3) is 0 Å². The summed E-state index contributed by atoms with van der Waals surface area (Å²) in [6, 6.07) is 0. The lowest BCUT2D eigenvalue weighted by atomic mass is 9.60. The van der Waals surface area contributed by atoms with Gasteiger partial charge in [0, 0.05) is 5.33 Å². The molecular formula is C10H15Br. The summed E-state index contributed by atoms with van der Waals surface area (Å²) < 4.78 is 0. The van der Waals surface area contributed by atoms with Crippen LogP contribution in [-0.4, -0.2) is 5.33 Å². The zero-order chi connectivity index (χ0) is 8.48. The Morgan fingerprint density at radius 2 is 2.36 bits per heavy atom. The Labute approximate surface area is 77.5 Å². The van der Waals surface area contributed by atoms with Gasteiger partial charge in [-0.3, -0.25) is 0 Å². The van der Waals surface area contributed by atoms with Gasteiger partial charge in [0.15, 0.2) is 0 Å². The van der Waals surface area contributed by atoms with Gasteiger partial charge in [0.2, 0.25) is 0 Å². The summed E-state index contributed by atoms with van der Waals surface area (Å²) in [7, 11) is 0. The van der Waals surface area contributed by atoms with Crippen LogP contribution in [0.1, 0.15) is 27.2 Å². The largest absolute Gasteiger partial charge is 0.126 e. The monoisotopic (exact) mass is 214 g/mol. The zero-order valence-corrected chi connectivity index (χ0v) is 9.03. The summed E-state index contributed by atoms with van der Waals surface area (Å²) in [6.45, 7) is 6.63. The first-order chi connectivity index (χ1) is 5.12. The SMILES string of the molecule is CC=C=C1CC(CBr)C1(C)C. The number of hydrogen-bond acceptors (Lipinski definition) is 0. The molecule has 0 spiro atoms. The van der Waals surface area contributed by atoms with Crippen molar-refractivity contribution in [2.45, 2.75) is 27.2 Å². The number of alkyl halides is 1. The third-order valence-electron chi connectivity index (χ3n) is 2.75. The van der Waals surface area contributed by atoms with Gasteiger partial charge in [0.25, 0.3) is 0 Å². The maximum absolute atomic E-state index is 3.53. The second-order valence-electron chi connectivity index (χ2n) is 3.69. The molecule has 1 heteroatoms. The van der Waals surface area contributed by atoms with E-state index in [0.717, 1.165) is 11.2 Å². The third-order valence-corrected chi connectivity index (χ3v) is 3.54. The molecule has 62 valence electrons. The van der Waals surface area contributed by atoms with E-state index in [1.165, 1.54) is 12.0 Å². The summed E-state index contributed by atoms with van der Waals surface area (Å²) >= 11 is 3.53. The van der Waals surface area contributed by atoms with Gasteiger partial charge in [0.05, 0.1) is 0 Å². The molecule has 0 N–H and O–H groups in total. The van der Waals surface area contributed by atoms with E-state index in [0.29, 0.717) is 5.41 Å². The van der Waals surface area contributed by atoms with E-state index in [2.05, 4.69) is 35.5 Å². The maximum atomic E-state index is 3.53. The van der Waals surface area contributed by atoms with Crippen molar-refractivity contribution in [1.82, 2.24) is 0 Å². The average molecular weight is 215 g/mol. The molecule has 0 aromatic rings. The van der Waals surface area contributed by atoms with Crippen molar-refractivity contribution < 1.29 is 0 Å². The molecule has 0 amide bonds.